The Hall–Kier alpha value is -3.88. The molecule has 1 atom stereocenters. The van der Waals surface area contributed by atoms with Crippen molar-refractivity contribution in [1.29, 1.82) is 0 Å². The Labute approximate surface area is 199 Å². The van der Waals surface area contributed by atoms with Crippen LogP contribution in [0.15, 0.2) is 60.2 Å². The van der Waals surface area contributed by atoms with Crippen LogP contribution >= 0.6 is 0 Å². The molecular formula is C26H22F3NO5. The zero-order valence-corrected chi connectivity index (χ0v) is 19.0. The monoisotopic (exact) mass is 485 g/mol. The van der Waals surface area contributed by atoms with Crippen molar-refractivity contribution in [3.05, 3.63) is 77.0 Å². The third-order valence-electron chi connectivity index (χ3n) is 5.95. The minimum atomic E-state index is -4.59. The van der Waals surface area contributed by atoms with E-state index in [0.29, 0.717) is 27.8 Å². The van der Waals surface area contributed by atoms with Crippen molar-refractivity contribution in [1.82, 2.24) is 4.98 Å². The van der Waals surface area contributed by atoms with E-state index in [2.05, 4.69) is 4.98 Å². The molecule has 1 aliphatic carbocycles. The van der Waals surface area contributed by atoms with Crippen LogP contribution in [0, 0.1) is 5.41 Å². The van der Waals surface area contributed by atoms with E-state index in [1.54, 1.807) is 56.3 Å². The van der Waals surface area contributed by atoms with Crippen molar-refractivity contribution < 1.29 is 37.3 Å². The van der Waals surface area contributed by atoms with Crippen LogP contribution in [-0.2, 0) is 27.1 Å². The third-order valence-corrected chi connectivity index (χ3v) is 5.95. The maximum atomic E-state index is 13.3. The van der Waals surface area contributed by atoms with Gasteiger partial charge in [-0.3, -0.25) is 4.79 Å². The number of alkyl halides is 3. The van der Waals surface area contributed by atoms with Gasteiger partial charge < -0.3 is 14.6 Å². The molecule has 182 valence electrons. The smallest absolute Gasteiger partial charge is 0.433 e. The van der Waals surface area contributed by atoms with E-state index >= 15 is 0 Å². The van der Waals surface area contributed by atoms with Gasteiger partial charge in [-0.05, 0) is 55.7 Å². The Balaban J connectivity index is 1.60. The molecule has 2 aromatic carbocycles. The minimum absolute atomic E-state index is 0.131. The highest BCUT2D eigenvalue weighted by molar-refractivity contribution is 6.20. The normalized spacial score (nSPS) is 18.8. The summed E-state index contributed by atoms with van der Waals surface area (Å²) in [5, 5.41) is 10.0. The summed E-state index contributed by atoms with van der Waals surface area (Å²) in [5.41, 5.74) is -0.399. The molecule has 0 bridgehead atoms. The molecule has 1 fully saturated rings. The Bertz CT molecular complexity index is 1330. The van der Waals surface area contributed by atoms with Gasteiger partial charge in [-0.15, -0.1) is 0 Å². The first-order valence-corrected chi connectivity index (χ1v) is 10.9. The summed E-state index contributed by atoms with van der Waals surface area (Å²) >= 11 is 0. The molecule has 1 aliphatic rings. The zero-order valence-electron chi connectivity index (χ0n) is 19.0. The van der Waals surface area contributed by atoms with Crippen molar-refractivity contribution in [2.45, 2.75) is 33.1 Å². The standard InChI is InChI=1S/C26H22F3NO5/c1-3-34-23(31)22(19-13-25(19,2)24(32)33)15-8-10-17(11-9-15)35-14-16-12-21(26(27,28)29)30-20-7-5-4-6-18(16)20/h4-12H,3,13-14H2,1-2H3,(H,32,33)/b22-19+. The first-order valence-electron chi connectivity index (χ1n) is 10.9. The number of aliphatic carboxylic acids is 1. The molecule has 1 unspecified atom stereocenters. The lowest BCUT2D eigenvalue weighted by Crippen LogP contribution is -2.13. The van der Waals surface area contributed by atoms with Crippen LogP contribution in [0.5, 0.6) is 5.75 Å². The van der Waals surface area contributed by atoms with Gasteiger partial charge in [-0.2, -0.15) is 13.2 Å². The summed E-state index contributed by atoms with van der Waals surface area (Å²) < 4.78 is 50.7. The molecule has 9 heteroatoms. The topological polar surface area (TPSA) is 85.7 Å². The number of carboxylic acids is 1. The second-order valence-corrected chi connectivity index (χ2v) is 8.38. The fourth-order valence-electron chi connectivity index (χ4n) is 3.89. The molecule has 0 spiro atoms. The number of carbonyl (C=O) groups is 2. The molecule has 0 amide bonds. The van der Waals surface area contributed by atoms with Gasteiger partial charge in [0.15, 0.2) is 0 Å². The fraction of sp³-hybridized carbons (Fsp3) is 0.269. The molecule has 1 N–H and O–H groups in total. The Morgan fingerprint density at radius 1 is 1.11 bits per heavy atom. The maximum Gasteiger partial charge on any atom is 0.433 e. The number of benzene rings is 2. The first-order chi connectivity index (χ1) is 16.5. The van der Waals surface area contributed by atoms with Gasteiger partial charge in [0.05, 0.1) is 23.1 Å². The average molecular weight is 485 g/mol. The summed E-state index contributed by atoms with van der Waals surface area (Å²) in [7, 11) is 0. The number of para-hydroxylation sites is 1. The van der Waals surface area contributed by atoms with Gasteiger partial charge in [-0.25, -0.2) is 9.78 Å². The molecule has 0 saturated heterocycles. The third kappa shape index (κ3) is 4.84. The number of pyridine rings is 1. The minimum Gasteiger partial charge on any atom is -0.489 e. The molecule has 1 aromatic heterocycles. The number of nitrogens with zero attached hydrogens (tertiary/aromatic N) is 1. The second-order valence-electron chi connectivity index (χ2n) is 8.38. The molecular weight excluding hydrogens is 463 g/mol. The molecule has 4 rings (SSSR count). The van der Waals surface area contributed by atoms with Crippen LogP contribution < -0.4 is 4.74 Å². The lowest BCUT2D eigenvalue weighted by molar-refractivity contribution is -0.142. The summed E-state index contributed by atoms with van der Waals surface area (Å²) in [6.45, 7) is 3.22. The van der Waals surface area contributed by atoms with E-state index in [1.807, 2.05) is 0 Å². The largest absolute Gasteiger partial charge is 0.489 e. The number of hydrogen-bond acceptors (Lipinski definition) is 5. The first kappa shape index (κ1) is 24.3. The van der Waals surface area contributed by atoms with Crippen molar-refractivity contribution in [2.24, 2.45) is 5.41 Å². The number of carboxylic acid groups (broad SMARTS) is 1. The van der Waals surface area contributed by atoms with Gasteiger partial charge >= 0.3 is 18.1 Å². The van der Waals surface area contributed by atoms with Crippen molar-refractivity contribution in [3.63, 3.8) is 0 Å². The number of rotatable bonds is 7. The van der Waals surface area contributed by atoms with Crippen LogP contribution in [0.2, 0.25) is 0 Å². The van der Waals surface area contributed by atoms with Crippen LogP contribution in [0.25, 0.3) is 16.5 Å². The molecule has 6 nitrogen and oxygen atoms in total. The molecule has 0 aliphatic heterocycles. The number of hydrogen-bond donors (Lipinski definition) is 1. The molecule has 1 heterocycles. The predicted molar refractivity (Wildman–Crippen MR) is 121 cm³/mol. The maximum absolute atomic E-state index is 13.3. The van der Waals surface area contributed by atoms with Gasteiger partial charge in [0, 0.05) is 10.9 Å². The summed E-state index contributed by atoms with van der Waals surface area (Å²) in [6.07, 6.45) is -4.35. The number of fused-ring (bicyclic) bond motifs is 1. The number of ether oxygens (including phenoxy) is 2. The lowest BCUT2D eigenvalue weighted by atomic mass is 10.0. The van der Waals surface area contributed by atoms with Crippen molar-refractivity contribution >= 4 is 28.4 Å². The zero-order chi connectivity index (χ0) is 25.4. The SMILES string of the molecule is CCOC(=O)/C(=C1\CC1(C)C(=O)O)c1ccc(OCc2cc(C(F)(F)F)nc3ccccc23)cc1. The predicted octanol–water partition coefficient (Wildman–Crippen LogP) is 5.64. The quantitative estimate of drug-likeness (QED) is 0.344. The van der Waals surface area contributed by atoms with E-state index in [0.717, 1.165) is 6.07 Å². The summed E-state index contributed by atoms with van der Waals surface area (Å²) in [5.74, 6) is -1.26. The number of esters is 1. The van der Waals surface area contributed by atoms with Crippen LogP contribution in [0.1, 0.15) is 37.1 Å². The Morgan fingerprint density at radius 3 is 2.40 bits per heavy atom. The van der Waals surface area contributed by atoms with E-state index in [1.165, 1.54) is 6.07 Å². The molecule has 0 radical (unpaired) electrons. The van der Waals surface area contributed by atoms with Crippen molar-refractivity contribution in [2.75, 3.05) is 6.61 Å². The van der Waals surface area contributed by atoms with Gasteiger partial charge in [0.25, 0.3) is 0 Å². The number of carbonyl (C=O) groups excluding carboxylic acids is 1. The van der Waals surface area contributed by atoms with E-state index < -0.39 is 29.2 Å². The van der Waals surface area contributed by atoms with E-state index in [9.17, 15) is 27.9 Å². The van der Waals surface area contributed by atoms with Crippen LogP contribution in [0.4, 0.5) is 13.2 Å². The highest BCUT2D eigenvalue weighted by Gasteiger charge is 2.54. The Morgan fingerprint density at radius 2 is 1.80 bits per heavy atom. The second kappa shape index (κ2) is 9.05. The average Bonchev–Trinajstić information content (AvgIpc) is 3.50. The lowest BCUT2D eigenvalue weighted by Gasteiger charge is -2.13. The number of aromatic nitrogens is 1. The molecule has 35 heavy (non-hydrogen) atoms. The Kier molecular flexibility index (Phi) is 6.27. The number of halogens is 3. The molecule has 1 saturated carbocycles. The highest BCUT2D eigenvalue weighted by atomic mass is 19.4. The fourth-order valence-corrected chi connectivity index (χ4v) is 3.89. The summed E-state index contributed by atoms with van der Waals surface area (Å²) in [4.78, 5) is 27.8. The van der Waals surface area contributed by atoms with Gasteiger partial charge in [0.2, 0.25) is 0 Å². The van der Waals surface area contributed by atoms with Gasteiger partial charge in [-0.1, -0.05) is 30.3 Å². The van der Waals surface area contributed by atoms with E-state index in [4.69, 9.17) is 9.47 Å². The highest BCUT2D eigenvalue weighted by Crippen LogP contribution is 2.55. The van der Waals surface area contributed by atoms with Crippen LogP contribution in [0.3, 0.4) is 0 Å². The van der Waals surface area contributed by atoms with Crippen LogP contribution in [-0.4, -0.2) is 28.6 Å². The molecule has 3 aromatic rings. The summed E-state index contributed by atoms with van der Waals surface area (Å²) in [6, 6.07) is 13.8. The van der Waals surface area contributed by atoms with E-state index in [-0.39, 0.29) is 30.7 Å². The van der Waals surface area contributed by atoms with Crippen molar-refractivity contribution in [3.8, 4) is 5.75 Å². The van der Waals surface area contributed by atoms with Gasteiger partial charge in [0.1, 0.15) is 18.1 Å².